The number of hydrogen-bond donors (Lipinski definition) is 1. The fourth-order valence-electron chi connectivity index (χ4n) is 2.88. The number of rotatable bonds is 5. The monoisotopic (exact) mass is 428 g/mol. The van der Waals surface area contributed by atoms with E-state index >= 15 is 0 Å². The van der Waals surface area contributed by atoms with E-state index in [0.717, 1.165) is 11.5 Å². The van der Waals surface area contributed by atoms with Crippen molar-refractivity contribution in [2.24, 2.45) is 0 Å². The van der Waals surface area contributed by atoms with Gasteiger partial charge in [0.2, 0.25) is 5.91 Å². The van der Waals surface area contributed by atoms with Crippen LogP contribution in [0.15, 0.2) is 60.0 Å². The van der Waals surface area contributed by atoms with Crippen LogP contribution < -0.4 is 10.2 Å². The number of benzene rings is 2. The predicted molar refractivity (Wildman–Crippen MR) is 115 cm³/mol. The van der Waals surface area contributed by atoms with Gasteiger partial charge in [-0.2, -0.15) is 0 Å². The van der Waals surface area contributed by atoms with Gasteiger partial charge in [0.25, 0.3) is 5.91 Å². The number of carbonyl (C=O) groups is 2. The molecule has 29 heavy (non-hydrogen) atoms. The van der Waals surface area contributed by atoms with Gasteiger partial charge in [0.1, 0.15) is 6.04 Å². The summed E-state index contributed by atoms with van der Waals surface area (Å²) in [6, 6.07) is 15.1. The molecule has 0 aliphatic carbocycles. The molecule has 0 spiro atoms. The van der Waals surface area contributed by atoms with Crippen LogP contribution in [-0.2, 0) is 4.79 Å². The maximum absolute atomic E-state index is 13.4. The van der Waals surface area contributed by atoms with Crippen LogP contribution in [-0.4, -0.2) is 26.9 Å². The van der Waals surface area contributed by atoms with Crippen LogP contribution >= 0.6 is 23.1 Å². The molecule has 1 heterocycles. The molecule has 8 heteroatoms. The molecule has 2 amide bonds. The zero-order valence-corrected chi connectivity index (χ0v) is 17.9. The number of aromatic nitrogens is 2. The molecule has 6 nitrogen and oxygen atoms in total. The molecule has 0 saturated carbocycles. The SMILES string of the molecule is CC(C)(C)NC(=O)[C@H](c1ccccc1)N(C(=O)c1csnn1)c1cccc(Cl)c1. The minimum Gasteiger partial charge on any atom is -0.349 e. The number of anilines is 1. The average molecular weight is 429 g/mol. The lowest BCUT2D eigenvalue weighted by molar-refractivity contribution is -0.123. The molecule has 3 aromatic rings. The van der Waals surface area contributed by atoms with Crippen molar-refractivity contribution in [1.82, 2.24) is 14.9 Å². The van der Waals surface area contributed by atoms with E-state index in [4.69, 9.17) is 11.6 Å². The van der Waals surface area contributed by atoms with Crippen LogP contribution in [0.2, 0.25) is 5.02 Å². The van der Waals surface area contributed by atoms with Crippen LogP contribution in [0.25, 0.3) is 0 Å². The third kappa shape index (κ3) is 5.19. The molecule has 0 aliphatic heterocycles. The van der Waals surface area contributed by atoms with Gasteiger partial charge in [-0.3, -0.25) is 14.5 Å². The first-order chi connectivity index (χ1) is 13.8. The van der Waals surface area contributed by atoms with E-state index in [0.29, 0.717) is 16.3 Å². The molecular formula is C21H21ClN4O2S. The first-order valence-electron chi connectivity index (χ1n) is 8.99. The molecule has 0 aliphatic rings. The number of halogens is 1. The van der Waals surface area contributed by atoms with Gasteiger partial charge in [-0.1, -0.05) is 52.5 Å². The van der Waals surface area contributed by atoms with E-state index in [1.54, 1.807) is 29.6 Å². The van der Waals surface area contributed by atoms with Gasteiger partial charge in [-0.25, -0.2) is 0 Å². The minimum absolute atomic E-state index is 0.166. The molecule has 1 atom stereocenters. The average Bonchev–Trinajstić information content (AvgIpc) is 3.19. The van der Waals surface area contributed by atoms with E-state index in [1.165, 1.54) is 4.90 Å². The van der Waals surface area contributed by atoms with Gasteiger partial charge >= 0.3 is 0 Å². The third-order valence-electron chi connectivity index (χ3n) is 4.00. The Labute approximate surface area is 178 Å². The number of carbonyl (C=O) groups excluding carboxylic acids is 2. The summed E-state index contributed by atoms with van der Waals surface area (Å²) in [6.07, 6.45) is 0. The van der Waals surface area contributed by atoms with Crippen LogP contribution in [0, 0.1) is 0 Å². The Bertz CT molecular complexity index is 987. The second-order valence-corrected chi connectivity index (χ2v) is 8.54. The van der Waals surface area contributed by atoms with Crippen LogP contribution in [0.5, 0.6) is 0 Å². The van der Waals surface area contributed by atoms with Gasteiger partial charge < -0.3 is 5.32 Å². The Hall–Kier alpha value is -2.77. The second kappa shape index (κ2) is 8.71. The highest BCUT2D eigenvalue weighted by molar-refractivity contribution is 7.03. The van der Waals surface area contributed by atoms with Gasteiger partial charge in [0, 0.05) is 21.6 Å². The van der Waals surface area contributed by atoms with Crippen molar-refractivity contribution in [2.45, 2.75) is 32.4 Å². The van der Waals surface area contributed by atoms with Crippen molar-refractivity contribution in [2.75, 3.05) is 4.90 Å². The second-order valence-electron chi connectivity index (χ2n) is 7.50. The first kappa shape index (κ1) is 21.0. The summed E-state index contributed by atoms with van der Waals surface area (Å²) in [4.78, 5) is 28.2. The molecule has 1 aromatic heterocycles. The van der Waals surface area contributed by atoms with E-state index in [9.17, 15) is 9.59 Å². The molecule has 3 rings (SSSR count). The lowest BCUT2D eigenvalue weighted by Gasteiger charge is -2.33. The van der Waals surface area contributed by atoms with Crippen molar-refractivity contribution in [3.05, 3.63) is 76.3 Å². The molecule has 2 aromatic carbocycles. The summed E-state index contributed by atoms with van der Waals surface area (Å²) in [5, 5.41) is 8.91. The highest BCUT2D eigenvalue weighted by Gasteiger charge is 2.35. The number of hydrogen-bond acceptors (Lipinski definition) is 5. The van der Waals surface area contributed by atoms with Crippen LogP contribution in [0.1, 0.15) is 42.9 Å². The molecule has 0 radical (unpaired) electrons. The van der Waals surface area contributed by atoms with Crippen LogP contribution in [0.3, 0.4) is 0 Å². The zero-order chi connectivity index (χ0) is 21.0. The van der Waals surface area contributed by atoms with Crippen molar-refractivity contribution in [3.63, 3.8) is 0 Å². The van der Waals surface area contributed by atoms with Crippen molar-refractivity contribution in [3.8, 4) is 0 Å². The molecule has 0 bridgehead atoms. The highest BCUT2D eigenvalue weighted by Crippen LogP contribution is 2.31. The van der Waals surface area contributed by atoms with Crippen molar-refractivity contribution >= 4 is 40.6 Å². The normalized spacial score (nSPS) is 12.3. The lowest BCUT2D eigenvalue weighted by atomic mass is 10.0. The molecule has 0 saturated heterocycles. The van der Waals surface area contributed by atoms with Crippen molar-refractivity contribution < 1.29 is 9.59 Å². The maximum atomic E-state index is 13.4. The fourth-order valence-corrected chi connectivity index (χ4v) is 3.50. The molecule has 0 fully saturated rings. The molecule has 1 N–H and O–H groups in total. The standard InChI is InChI=1S/C21H21ClN4O2S/c1-21(2,3)23-19(27)18(14-8-5-4-6-9-14)26(16-11-7-10-15(22)12-16)20(28)17-13-29-25-24-17/h4-13,18H,1-3H3,(H,23,27)/t18-/m0/s1. The van der Waals surface area contributed by atoms with E-state index in [-0.39, 0.29) is 11.6 Å². The fraction of sp³-hybridized carbons (Fsp3) is 0.238. The largest absolute Gasteiger partial charge is 0.349 e. The number of nitrogens with zero attached hydrogens (tertiary/aromatic N) is 3. The summed E-state index contributed by atoms with van der Waals surface area (Å²) >= 11 is 7.27. The summed E-state index contributed by atoms with van der Waals surface area (Å²) in [5.41, 5.74) is 0.855. The summed E-state index contributed by atoms with van der Waals surface area (Å²) in [6.45, 7) is 5.68. The maximum Gasteiger partial charge on any atom is 0.280 e. The Morgan fingerprint density at radius 1 is 1.10 bits per heavy atom. The van der Waals surface area contributed by atoms with Gasteiger partial charge in [0.05, 0.1) is 0 Å². The minimum atomic E-state index is -0.914. The molecule has 150 valence electrons. The Morgan fingerprint density at radius 2 is 1.83 bits per heavy atom. The van der Waals surface area contributed by atoms with Crippen molar-refractivity contribution in [1.29, 1.82) is 0 Å². The summed E-state index contributed by atoms with van der Waals surface area (Å²) in [7, 11) is 0. The van der Waals surface area contributed by atoms with E-state index < -0.39 is 17.5 Å². The first-order valence-corrected chi connectivity index (χ1v) is 10.2. The summed E-state index contributed by atoms with van der Waals surface area (Å²) in [5.74, 6) is -0.737. The van der Waals surface area contributed by atoms with Gasteiger partial charge in [0.15, 0.2) is 5.69 Å². The number of nitrogens with one attached hydrogen (secondary N) is 1. The topological polar surface area (TPSA) is 75.2 Å². The van der Waals surface area contributed by atoms with E-state index in [2.05, 4.69) is 14.9 Å². The van der Waals surface area contributed by atoms with Gasteiger partial charge in [-0.05, 0) is 56.1 Å². The lowest BCUT2D eigenvalue weighted by Crippen LogP contribution is -2.49. The van der Waals surface area contributed by atoms with E-state index in [1.807, 2.05) is 51.1 Å². The molecular weight excluding hydrogens is 408 g/mol. The Balaban J connectivity index is 2.16. The quantitative estimate of drug-likeness (QED) is 0.649. The van der Waals surface area contributed by atoms with Crippen LogP contribution in [0.4, 0.5) is 5.69 Å². The zero-order valence-electron chi connectivity index (χ0n) is 16.3. The summed E-state index contributed by atoms with van der Waals surface area (Å²) < 4.78 is 3.79. The Morgan fingerprint density at radius 3 is 2.41 bits per heavy atom. The highest BCUT2D eigenvalue weighted by atomic mass is 35.5. The third-order valence-corrected chi connectivity index (χ3v) is 4.74. The predicted octanol–water partition coefficient (Wildman–Crippen LogP) is 4.49. The Kier molecular flexibility index (Phi) is 6.30. The smallest absolute Gasteiger partial charge is 0.280 e. The molecule has 0 unspecified atom stereocenters. The van der Waals surface area contributed by atoms with Gasteiger partial charge in [-0.15, -0.1) is 5.10 Å². The number of amides is 2.